The van der Waals surface area contributed by atoms with Gasteiger partial charge in [-0.15, -0.1) is 0 Å². The summed E-state index contributed by atoms with van der Waals surface area (Å²) >= 11 is 0. The Labute approximate surface area is 101 Å². The molecular formula is C12H18N4O. The molecule has 0 bridgehead atoms. The molecule has 0 spiro atoms. The van der Waals surface area contributed by atoms with Crippen molar-refractivity contribution in [3.63, 3.8) is 0 Å². The number of amides is 1. The third kappa shape index (κ3) is 2.79. The number of aromatic nitrogens is 2. The van der Waals surface area contributed by atoms with Gasteiger partial charge < -0.3 is 9.80 Å². The molecule has 0 saturated carbocycles. The van der Waals surface area contributed by atoms with Gasteiger partial charge in [0.2, 0.25) is 0 Å². The molecule has 17 heavy (non-hydrogen) atoms. The molecule has 1 aliphatic rings. The van der Waals surface area contributed by atoms with E-state index in [4.69, 9.17) is 0 Å². The Hall–Kier alpha value is -1.49. The molecular weight excluding hydrogens is 216 g/mol. The summed E-state index contributed by atoms with van der Waals surface area (Å²) in [5.74, 6) is 0.0197. The number of carbonyl (C=O) groups is 1. The quantitative estimate of drug-likeness (QED) is 0.750. The number of hydrogen-bond acceptors (Lipinski definition) is 4. The predicted molar refractivity (Wildman–Crippen MR) is 64.8 cm³/mol. The van der Waals surface area contributed by atoms with Crippen LogP contribution in [0.3, 0.4) is 0 Å². The van der Waals surface area contributed by atoms with Crippen molar-refractivity contribution in [3.8, 4) is 0 Å². The third-order valence-corrected chi connectivity index (χ3v) is 3.13. The minimum absolute atomic E-state index is 0.0197. The molecule has 5 heteroatoms. The van der Waals surface area contributed by atoms with Gasteiger partial charge in [-0.2, -0.15) is 0 Å². The summed E-state index contributed by atoms with van der Waals surface area (Å²) in [6, 6.07) is 1.74. The van der Waals surface area contributed by atoms with Crippen LogP contribution < -0.4 is 0 Å². The van der Waals surface area contributed by atoms with Crippen molar-refractivity contribution in [2.75, 3.05) is 32.7 Å². The van der Waals surface area contributed by atoms with Gasteiger partial charge in [0, 0.05) is 31.9 Å². The van der Waals surface area contributed by atoms with Crippen LogP contribution in [-0.4, -0.2) is 58.4 Å². The van der Waals surface area contributed by atoms with Crippen LogP contribution in [0, 0.1) is 6.92 Å². The molecule has 1 aromatic heterocycles. The van der Waals surface area contributed by atoms with Crippen LogP contribution in [-0.2, 0) is 0 Å². The first-order valence-corrected chi connectivity index (χ1v) is 6.01. The molecule has 92 valence electrons. The van der Waals surface area contributed by atoms with Crippen molar-refractivity contribution >= 4 is 5.91 Å². The summed E-state index contributed by atoms with van der Waals surface area (Å²) in [6.45, 7) is 8.54. The Balaban J connectivity index is 2.02. The number of rotatable bonds is 2. The molecule has 1 fully saturated rings. The van der Waals surface area contributed by atoms with Gasteiger partial charge >= 0.3 is 0 Å². The molecule has 2 rings (SSSR count). The van der Waals surface area contributed by atoms with Gasteiger partial charge in [0.15, 0.2) is 0 Å². The van der Waals surface area contributed by atoms with Gasteiger partial charge in [-0.25, -0.2) is 9.97 Å². The van der Waals surface area contributed by atoms with Crippen LogP contribution >= 0.6 is 0 Å². The van der Waals surface area contributed by atoms with E-state index in [2.05, 4.69) is 21.8 Å². The fraction of sp³-hybridized carbons (Fsp3) is 0.583. The summed E-state index contributed by atoms with van der Waals surface area (Å²) in [5.41, 5.74) is 1.33. The monoisotopic (exact) mass is 234 g/mol. The number of likely N-dealkylation sites (N-methyl/N-ethyl adjacent to an activating group) is 1. The second kappa shape index (κ2) is 5.23. The lowest BCUT2D eigenvalue weighted by atomic mass is 10.2. The van der Waals surface area contributed by atoms with E-state index in [1.54, 1.807) is 6.07 Å². The van der Waals surface area contributed by atoms with Gasteiger partial charge in [0.25, 0.3) is 5.91 Å². The Morgan fingerprint density at radius 1 is 1.29 bits per heavy atom. The van der Waals surface area contributed by atoms with Crippen molar-refractivity contribution in [1.29, 1.82) is 0 Å². The van der Waals surface area contributed by atoms with E-state index in [1.165, 1.54) is 6.33 Å². The molecule has 1 amide bonds. The molecule has 0 aliphatic carbocycles. The van der Waals surface area contributed by atoms with E-state index in [1.807, 2.05) is 11.8 Å². The average Bonchev–Trinajstić information content (AvgIpc) is 2.38. The van der Waals surface area contributed by atoms with Crippen LogP contribution in [0.1, 0.15) is 23.1 Å². The maximum Gasteiger partial charge on any atom is 0.272 e. The first kappa shape index (κ1) is 12.0. The maximum absolute atomic E-state index is 12.2. The van der Waals surface area contributed by atoms with Crippen LogP contribution in [0.2, 0.25) is 0 Å². The van der Waals surface area contributed by atoms with Gasteiger partial charge in [0.05, 0.1) is 0 Å². The molecule has 2 heterocycles. The summed E-state index contributed by atoms with van der Waals surface area (Å²) in [4.78, 5) is 24.4. The number of hydrogen-bond donors (Lipinski definition) is 0. The first-order chi connectivity index (χ1) is 8.20. The topological polar surface area (TPSA) is 49.3 Å². The normalized spacial score (nSPS) is 17.2. The highest BCUT2D eigenvalue weighted by molar-refractivity contribution is 5.92. The first-order valence-electron chi connectivity index (χ1n) is 6.01. The van der Waals surface area contributed by atoms with Gasteiger partial charge in [-0.05, 0) is 19.5 Å². The number of carbonyl (C=O) groups excluding carboxylic acids is 1. The zero-order valence-corrected chi connectivity index (χ0v) is 10.4. The SMILES string of the molecule is CCN1CCN(C(=O)c2cc(C)ncn2)CC1. The standard InChI is InChI=1S/C12H18N4O/c1-3-15-4-6-16(7-5-15)12(17)11-8-10(2)13-9-14-11/h8-9H,3-7H2,1-2H3. The van der Waals surface area contributed by atoms with E-state index in [0.717, 1.165) is 38.4 Å². The zero-order valence-electron chi connectivity index (χ0n) is 10.4. The molecule has 1 aliphatic heterocycles. The molecule has 0 unspecified atom stereocenters. The maximum atomic E-state index is 12.2. The summed E-state index contributed by atoms with van der Waals surface area (Å²) in [5, 5.41) is 0. The van der Waals surface area contributed by atoms with Crippen molar-refractivity contribution in [3.05, 3.63) is 23.8 Å². The Kier molecular flexibility index (Phi) is 3.68. The van der Waals surface area contributed by atoms with Crippen LogP contribution in [0.25, 0.3) is 0 Å². The van der Waals surface area contributed by atoms with Crippen LogP contribution in [0.4, 0.5) is 0 Å². The number of nitrogens with zero attached hydrogens (tertiary/aromatic N) is 4. The summed E-state index contributed by atoms with van der Waals surface area (Å²) in [7, 11) is 0. The summed E-state index contributed by atoms with van der Waals surface area (Å²) in [6.07, 6.45) is 1.45. The highest BCUT2D eigenvalue weighted by Crippen LogP contribution is 2.07. The van der Waals surface area contributed by atoms with E-state index in [-0.39, 0.29) is 5.91 Å². The highest BCUT2D eigenvalue weighted by atomic mass is 16.2. The smallest absolute Gasteiger partial charge is 0.272 e. The second-order valence-corrected chi connectivity index (χ2v) is 4.27. The van der Waals surface area contributed by atoms with Crippen molar-refractivity contribution < 1.29 is 4.79 Å². The third-order valence-electron chi connectivity index (χ3n) is 3.13. The van der Waals surface area contributed by atoms with Crippen LogP contribution in [0.5, 0.6) is 0 Å². The van der Waals surface area contributed by atoms with Gasteiger partial charge in [0.1, 0.15) is 12.0 Å². The summed E-state index contributed by atoms with van der Waals surface area (Å²) < 4.78 is 0. The van der Waals surface area contributed by atoms with Crippen molar-refractivity contribution in [2.45, 2.75) is 13.8 Å². The molecule has 5 nitrogen and oxygen atoms in total. The lowest BCUT2D eigenvalue weighted by molar-refractivity contribution is 0.0637. The van der Waals surface area contributed by atoms with Crippen molar-refractivity contribution in [1.82, 2.24) is 19.8 Å². The van der Waals surface area contributed by atoms with E-state index >= 15 is 0 Å². The number of aryl methyl sites for hydroxylation is 1. The fourth-order valence-corrected chi connectivity index (χ4v) is 2.00. The van der Waals surface area contributed by atoms with Gasteiger partial charge in [-0.3, -0.25) is 4.79 Å². The van der Waals surface area contributed by atoms with Crippen LogP contribution in [0.15, 0.2) is 12.4 Å². The molecule has 1 saturated heterocycles. The molecule has 0 atom stereocenters. The molecule has 1 aromatic rings. The predicted octanol–water partition coefficient (Wildman–Crippen LogP) is 0.563. The van der Waals surface area contributed by atoms with Crippen molar-refractivity contribution in [2.24, 2.45) is 0 Å². The Bertz CT molecular complexity index is 399. The average molecular weight is 234 g/mol. The largest absolute Gasteiger partial charge is 0.335 e. The lowest BCUT2D eigenvalue weighted by Crippen LogP contribution is -2.48. The molecule has 0 N–H and O–H groups in total. The lowest BCUT2D eigenvalue weighted by Gasteiger charge is -2.33. The minimum Gasteiger partial charge on any atom is -0.335 e. The fourth-order valence-electron chi connectivity index (χ4n) is 2.00. The zero-order chi connectivity index (χ0) is 12.3. The second-order valence-electron chi connectivity index (χ2n) is 4.27. The molecule has 0 radical (unpaired) electrons. The Morgan fingerprint density at radius 2 is 2.00 bits per heavy atom. The van der Waals surface area contributed by atoms with Gasteiger partial charge in [-0.1, -0.05) is 6.92 Å². The molecule has 0 aromatic carbocycles. The van der Waals surface area contributed by atoms with E-state index < -0.39 is 0 Å². The number of piperazine rings is 1. The van der Waals surface area contributed by atoms with E-state index in [0.29, 0.717) is 5.69 Å². The Morgan fingerprint density at radius 3 is 2.59 bits per heavy atom. The highest BCUT2D eigenvalue weighted by Gasteiger charge is 2.22. The van der Waals surface area contributed by atoms with E-state index in [9.17, 15) is 4.79 Å². The minimum atomic E-state index is 0.0197.